The van der Waals surface area contributed by atoms with Crippen molar-refractivity contribution in [2.24, 2.45) is 0 Å². The van der Waals surface area contributed by atoms with Gasteiger partial charge in [0.05, 0.1) is 0 Å². The number of anilines is 1. The molecular weight excluding hydrogens is 215 g/mol. The van der Waals surface area contributed by atoms with E-state index >= 15 is 0 Å². The van der Waals surface area contributed by atoms with Crippen LogP contribution in [0, 0.1) is 0 Å². The van der Waals surface area contributed by atoms with Crippen molar-refractivity contribution in [2.45, 2.75) is 6.18 Å². The zero-order valence-electron chi connectivity index (χ0n) is 6.98. The molecule has 0 atom stereocenters. The first-order chi connectivity index (χ1) is 6.39. The average molecular weight is 222 g/mol. The van der Waals surface area contributed by atoms with Gasteiger partial charge in [0.2, 0.25) is 0 Å². The van der Waals surface area contributed by atoms with E-state index in [4.69, 9.17) is 17.3 Å². The number of rotatable bonds is 1. The molecule has 0 aromatic heterocycles. The molecule has 0 aliphatic heterocycles. The van der Waals surface area contributed by atoms with Gasteiger partial charge >= 0.3 is 6.18 Å². The average Bonchev–Trinajstić information content (AvgIpc) is 2.07. The van der Waals surface area contributed by atoms with Gasteiger partial charge in [0.15, 0.2) is 0 Å². The summed E-state index contributed by atoms with van der Waals surface area (Å²) in [6, 6.07) is 5.94. The minimum Gasteiger partial charge on any atom is -0.399 e. The maximum atomic E-state index is 12.0. The van der Waals surface area contributed by atoms with Gasteiger partial charge in [0, 0.05) is 5.69 Å². The Morgan fingerprint density at radius 1 is 1.21 bits per heavy atom. The van der Waals surface area contributed by atoms with Crippen LogP contribution >= 0.6 is 11.6 Å². The van der Waals surface area contributed by atoms with Crippen LogP contribution in [0.3, 0.4) is 0 Å². The lowest BCUT2D eigenvalue weighted by atomic mass is 10.2. The Morgan fingerprint density at radius 2 is 1.71 bits per heavy atom. The second-order valence-corrected chi connectivity index (χ2v) is 3.06. The summed E-state index contributed by atoms with van der Waals surface area (Å²) < 4.78 is 36.0. The van der Waals surface area contributed by atoms with Gasteiger partial charge in [-0.2, -0.15) is 13.2 Å². The molecule has 0 fully saturated rings. The van der Waals surface area contributed by atoms with E-state index in [-0.39, 0.29) is 0 Å². The normalized spacial score (nSPS) is 13.0. The molecule has 0 saturated carbocycles. The SMILES string of the molecule is Nc1ccc(/C=C(\Cl)C(F)(F)F)cc1. The molecule has 1 aromatic carbocycles. The zero-order chi connectivity index (χ0) is 10.8. The molecule has 0 radical (unpaired) electrons. The summed E-state index contributed by atoms with van der Waals surface area (Å²) in [4.78, 5) is 0. The van der Waals surface area contributed by atoms with Crippen molar-refractivity contribution < 1.29 is 13.2 Å². The smallest absolute Gasteiger partial charge is 0.399 e. The maximum Gasteiger partial charge on any atom is 0.426 e. The molecule has 0 amide bonds. The quantitative estimate of drug-likeness (QED) is 0.723. The van der Waals surface area contributed by atoms with Gasteiger partial charge in [-0.15, -0.1) is 0 Å². The first-order valence-corrected chi connectivity index (χ1v) is 4.07. The van der Waals surface area contributed by atoms with Crippen LogP contribution in [0.25, 0.3) is 6.08 Å². The standard InChI is InChI=1S/C9H7ClF3N/c10-8(9(11,12)13)5-6-1-3-7(14)4-2-6/h1-5H,14H2/b8-5-. The second kappa shape index (κ2) is 3.92. The van der Waals surface area contributed by atoms with Crippen molar-refractivity contribution in [3.63, 3.8) is 0 Å². The Labute approximate surface area is 84.0 Å². The van der Waals surface area contributed by atoms with Crippen molar-refractivity contribution in [2.75, 3.05) is 5.73 Å². The highest BCUT2D eigenvalue weighted by Crippen LogP contribution is 2.30. The van der Waals surface area contributed by atoms with E-state index in [9.17, 15) is 13.2 Å². The molecule has 14 heavy (non-hydrogen) atoms. The highest BCUT2D eigenvalue weighted by molar-refractivity contribution is 6.32. The van der Waals surface area contributed by atoms with E-state index in [1.165, 1.54) is 24.3 Å². The van der Waals surface area contributed by atoms with E-state index in [2.05, 4.69) is 0 Å². The number of nitrogens with two attached hydrogens (primary N) is 1. The van der Waals surface area contributed by atoms with Crippen molar-refractivity contribution >= 4 is 23.4 Å². The lowest BCUT2D eigenvalue weighted by Gasteiger charge is -2.03. The fourth-order valence-corrected chi connectivity index (χ4v) is 0.946. The van der Waals surface area contributed by atoms with Crippen LogP contribution in [0.1, 0.15) is 5.56 Å². The summed E-state index contributed by atoms with van der Waals surface area (Å²) in [7, 11) is 0. The first kappa shape index (κ1) is 10.9. The van der Waals surface area contributed by atoms with Crippen LogP contribution in [0.4, 0.5) is 18.9 Å². The minimum absolute atomic E-state index is 0.363. The predicted molar refractivity (Wildman–Crippen MR) is 50.7 cm³/mol. The van der Waals surface area contributed by atoms with Gasteiger partial charge in [-0.1, -0.05) is 23.7 Å². The summed E-state index contributed by atoms with van der Waals surface area (Å²) >= 11 is 5.04. The summed E-state index contributed by atoms with van der Waals surface area (Å²) in [5, 5.41) is -1.15. The second-order valence-electron chi connectivity index (χ2n) is 2.66. The molecule has 0 heterocycles. The third-order valence-corrected chi connectivity index (χ3v) is 1.82. The third kappa shape index (κ3) is 2.96. The molecule has 0 saturated heterocycles. The number of hydrogen-bond acceptors (Lipinski definition) is 1. The minimum atomic E-state index is -4.50. The molecular formula is C9H7ClF3N. The summed E-state index contributed by atoms with van der Waals surface area (Å²) in [6.45, 7) is 0. The van der Waals surface area contributed by atoms with Crippen LogP contribution < -0.4 is 5.73 Å². The van der Waals surface area contributed by atoms with Gasteiger partial charge in [0.25, 0.3) is 0 Å². The van der Waals surface area contributed by atoms with E-state index in [1.54, 1.807) is 0 Å². The Hall–Kier alpha value is -1.16. The zero-order valence-corrected chi connectivity index (χ0v) is 7.73. The Morgan fingerprint density at radius 3 is 2.14 bits per heavy atom. The maximum absolute atomic E-state index is 12.0. The van der Waals surface area contributed by atoms with Gasteiger partial charge in [-0.05, 0) is 23.8 Å². The fraction of sp³-hybridized carbons (Fsp3) is 0.111. The number of halogens is 4. The predicted octanol–water partition coefficient (Wildman–Crippen LogP) is 3.41. The molecule has 0 spiro atoms. The molecule has 0 aliphatic carbocycles. The molecule has 5 heteroatoms. The number of benzene rings is 1. The lowest BCUT2D eigenvalue weighted by molar-refractivity contribution is -0.0836. The van der Waals surface area contributed by atoms with Crippen molar-refractivity contribution in [1.29, 1.82) is 0 Å². The topological polar surface area (TPSA) is 26.0 Å². The summed E-state index contributed by atoms with van der Waals surface area (Å²) in [5.41, 5.74) is 6.22. The van der Waals surface area contributed by atoms with Gasteiger partial charge in [0.1, 0.15) is 5.03 Å². The number of hydrogen-bond donors (Lipinski definition) is 1. The highest BCUT2D eigenvalue weighted by Gasteiger charge is 2.32. The van der Waals surface area contributed by atoms with Crippen LogP contribution in [0.5, 0.6) is 0 Å². The third-order valence-electron chi connectivity index (χ3n) is 1.50. The fourth-order valence-electron chi connectivity index (χ4n) is 0.820. The number of alkyl halides is 3. The van der Waals surface area contributed by atoms with E-state index in [1.807, 2.05) is 0 Å². The molecule has 0 bridgehead atoms. The van der Waals surface area contributed by atoms with Gasteiger partial charge in [-0.3, -0.25) is 0 Å². The Balaban J connectivity index is 2.93. The molecule has 0 aliphatic rings. The summed E-state index contributed by atoms with van der Waals surface area (Å²) in [6.07, 6.45) is -3.65. The van der Waals surface area contributed by atoms with E-state index in [0.29, 0.717) is 11.3 Å². The van der Waals surface area contributed by atoms with Crippen LogP contribution in [0.15, 0.2) is 29.3 Å². The van der Waals surface area contributed by atoms with E-state index in [0.717, 1.165) is 6.08 Å². The first-order valence-electron chi connectivity index (χ1n) is 3.69. The van der Waals surface area contributed by atoms with Crippen LogP contribution in [-0.2, 0) is 0 Å². The molecule has 1 nitrogen and oxygen atoms in total. The molecule has 0 unspecified atom stereocenters. The molecule has 2 N–H and O–H groups in total. The summed E-state index contributed by atoms with van der Waals surface area (Å²) in [5.74, 6) is 0. The van der Waals surface area contributed by atoms with Crippen LogP contribution in [-0.4, -0.2) is 6.18 Å². The van der Waals surface area contributed by atoms with Gasteiger partial charge < -0.3 is 5.73 Å². The highest BCUT2D eigenvalue weighted by atomic mass is 35.5. The van der Waals surface area contributed by atoms with E-state index < -0.39 is 11.2 Å². The largest absolute Gasteiger partial charge is 0.426 e. The number of allylic oxidation sites excluding steroid dienone is 1. The molecule has 1 rings (SSSR count). The monoisotopic (exact) mass is 221 g/mol. The van der Waals surface area contributed by atoms with Crippen LogP contribution in [0.2, 0.25) is 0 Å². The number of nitrogen functional groups attached to an aromatic ring is 1. The Bertz CT molecular complexity index is 340. The molecule has 1 aromatic rings. The Kier molecular flexibility index (Phi) is 3.06. The van der Waals surface area contributed by atoms with Crippen molar-refractivity contribution in [3.05, 3.63) is 34.9 Å². The van der Waals surface area contributed by atoms with Gasteiger partial charge in [-0.25, -0.2) is 0 Å². The lowest BCUT2D eigenvalue weighted by Crippen LogP contribution is -2.06. The van der Waals surface area contributed by atoms with Crippen molar-refractivity contribution in [3.8, 4) is 0 Å². The van der Waals surface area contributed by atoms with Crippen molar-refractivity contribution in [1.82, 2.24) is 0 Å². The molecule has 76 valence electrons.